The Morgan fingerprint density at radius 1 is 1.69 bits per heavy atom. The lowest BCUT2D eigenvalue weighted by molar-refractivity contribution is 0.420. The van der Waals surface area contributed by atoms with Crippen LogP contribution < -0.4 is 4.87 Å². The van der Waals surface area contributed by atoms with Crippen molar-refractivity contribution < 1.29 is 5.11 Å². The van der Waals surface area contributed by atoms with Gasteiger partial charge in [0.25, 0.3) is 0 Å². The third kappa shape index (κ3) is 1.45. The van der Waals surface area contributed by atoms with Crippen molar-refractivity contribution in [3.8, 4) is 5.88 Å². The van der Waals surface area contributed by atoms with Gasteiger partial charge in [-0.1, -0.05) is 11.3 Å². The van der Waals surface area contributed by atoms with Gasteiger partial charge in [-0.25, -0.2) is 0 Å². The largest absolute Gasteiger partial charge is 0.494 e. The maximum absolute atomic E-state index is 11.1. The van der Waals surface area contributed by atoms with Gasteiger partial charge in [0.15, 0.2) is 0 Å². The van der Waals surface area contributed by atoms with Crippen molar-refractivity contribution in [3.63, 3.8) is 0 Å². The lowest BCUT2D eigenvalue weighted by atomic mass is 10.5. The fourth-order valence-corrected chi connectivity index (χ4v) is 1.55. The lowest BCUT2D eigenvalue weighted by Crippen LogP contribution is -2.13. The van der Waals surface area contributed by atoms with Crippen LogP contribution in [0.3, 0.4) is 0 Å². The molecule has 0 aliphatic rings. The van der Waals surface area contributed by atoms with Gasteiger partial charge in [0.2, 0.25) is 5.88 Å². The van der Waals surface area contributed by atoms with Crippen LogP contribution in [0.15, 0.2) is 16.4 Å². The van der Waals surface area contributed by atoms with E-state index in [1.807, 2.05) is 0 Å². The number of hydrogen-bond acceptors (Lipinski definition) is 5. The van der Waals surface area contributed by atoms with Gasteiger partial charge in [0.1, 0.15) is 5.69 Å². The Morgan fingerprint density at radius 3 is 3.08 bits per heavy atom. The molecule has 7 heteroatoms. The number of nitrogens with one attached hydrogen (secondary N) is 1. The summed E-state index contributed by atoms with van der Waals surface area (Å²) in [5, 5.41) is 20.4. The van der Waals surface area contributed by atoms with Crippen molar-refractivity contribution in [2.45, 2.75) is 6.54 Å². The first-order valence-electron chi connectivity index (χ1n) is 3.49. The summed E-state index contributed by atoms with van der Waals surface area (Å²) >= 11 is 0.952. The molecule has 68 valence electrons. The van der Waals surface area contributed by atoms with Gasteiger partial charge in [-0.15, -0.1) is 0 Å². The molecular formula is C6H6N4O2S. The lowest BCUT2D eigenvalue weighted by Gasteiger charge is -1.97. The smallest absolute Gasteiger partial charge is 0.310 e. The summed E-state index contributed by atoms with van der Waals surface area (Å²) in [6.07, 6.45) is 1.50. The third-order valence-electron chi connectivity index (χ3n) is 1.55. The average Bonchev–Trinajstić information content (AvgIpc) is 2.70. The Morgan fingerprint density at radius 2 is 2.54 bits per heavy atom. The van der Waals surface area contributed by atoms with E-state index >= 15 is 0 Å². The molecule has 0 saturated heterocycles. The van der Waals surface area contributed by atoms with Crippen LogP contribution in [0.1, 0.15) is 5.69 Å². The Bertz CT molecular complexity index is 443. The zero-order valence-electron chi connectivity index (χ0n) is 6.47. The minimum Gasteiger partial charge on any atom is -0.494 e. The number of aromatic amines is 1. The highest BCUT2D eigenvalue weighted by Crippen LogP contribution is 2.09. The van der Waals surface area contributed by atoms with Gasteiger partial charge in [-0.3, -0.25) is 9.36 Å². The average molecular weight is 198 g/mol. The first kappa shape index (κ1) is 7.99. The summed E-state index contributed by atoms with van der Waals surface area (Å²) < 4.78 is 1.22. The maximum Gasteiger partial charge on any atom is 0.310 e. The summed E-state index contributed by atoms with van der Waals surface area (Å²) in [5.74, 6) is -0.0435. The highest BCUT2D eigenvalue weighted by Gasteiger charge is 2.06. The molecule has 0 bridgehead atoms. The molecule has 2 rings (SSSR count). The molecular weight excluding hydrogens is 192 g/mol. The summed E-state index contributed by atoms with van der Waals surface area (Å²) in [7, 11) is 0. The van der Waals surface area contributed by atoms with Crippen LogP contribution in [0.25, 0.3) is 0 Å². The highest BCUT2D eigenvalue weighted by atomic mass is 32.1. The second kappa shape index (κ2) is 3.02. The Kier molecular flexibility index (Phi) is 1.85. The van der Waals surface area contributed by atoms with Gasteiger partial charge in [0.05, 0.1) is 18.1 Å². The molecule has 0 aromatic carbocycles. The molecule has 0 radical (unpaired) electrons. The molecule has 2 heterocycles. The topological polar surface area (TPSA) is 83.8 Å². The van der Waals surface area contributed by atoms with E-state index in [1.165, 1.54) is 16.1 Å². The fourth-order valence-electron chi connectivity index (χ4n) is 0.933. The van der Waals surface area contributed by atoms with Crippen LogP contribution in [0, 0.1) is 0 Å². The minimum absolute atomic E-state index is 0.0435. The van der Waals surface area contributed by atoms with Crippen LogP contribution in [0.2, 0.25) is 0 Å². The van der Waals surface area contributed by atoms with E-state index in [4.69, 9.17) is 0 Å². The van der Waals surface area contributed by atoms with Crippen LogP contribution in [0.5, 0.6) is 5.88 Å². The van der Waals surface area contributed by atoms with Gasteiger partial charge in [-0.2, -0.15) is 15.4 Å². The van der Waals surface area contributed by atoms with Gasteiger partial charge < -0.3 is 5.11 Å². The molecule has 0 unspecified atom stereocenters. The number of nitrogens with zero attached hydrogens (tertiary/aromatic N) is 3. The molecule has 0 fully saturated rings. The third-order valence-corrected chi connectivity index (χ3v) is 2.30. The van der Waals surface area contributed by atoms with Crippen LogP contribution in [0.4, 0.5) is 0 Å². The molecule has 0 atom stereocenters. The first-order valence-corrected chi connectivity index (χ1v) is 4.37. The molecule has 0 aliphatic heterocycles. The summed E-state index contributed by atoms with van der Waals surface area (Å²) in [4.78, 5) is 10.9. The molecule has 13 heavy (non-hydrogen) atoms. The maximum atomic E-state index is 11.1. The van der Waals surface area contributed by atoms with Crippen molar-refractivity contribution in [1.29, 1.82) is 0 Å². The van der Waals surface area contributed by atoms with Crippen molar-refractivity contribution in [1.82, 2.24) is 20.0 Å². The number of thiazole rings is 1. The number of aromatic nitrogens is 4. The van der Waals surface area contributed by atoms with Crippen molar-refractivity contribution in [2.24, 2.45) is 0 Å². The molecule has 2 aromatic rings. The van der Waals surface area contributed by atoms with E-state index in [9.17, 15) is 9.90 Å². The molecule has 6 nitrogen and oxygen atoms in total. The predicted octanol–water partition coefficient (Wildman–Crippen LogP) is -0.218. The minimum atomic E-state index is -0.208. The summed E-state index contributed by atoms with van der Waals surface area (Å²) in [6.45, 7) is 0.241. The molecule has 2 aromatic heterocycles. The van der Waals surface area contributed by atoms with E-state index in [0.29, 0.717) is 5.69 Å². The van der Waals surface area contributed by atoms with E-state index in [2.05, 4.69) is 15.4 Å². The highest BCUT2D eigenvalue weighted by molar-refractivity contribution is 7.07. The van der Waals surface area contributed by atoms with Crippen LogP contribution in [-0.4, -0.2) is 25.1 Å². The summed E-state index contributed by atoms with van der Waals surface area (Å²) in [5.41, 5.74) is 0.607. The fraction of sp³-hybridized carbons (Fsp3) is 0.167. The van der Waals surface area contributed by atoms with Gasteiger partial charge in [-0.05, 0) is 0 Å². The van der Waals surface area contributed by atoms with Crippen molar-refractivity contribution >= 4 is 11.3 Å². The van der Waals surface area contributed by atoms with Crippen LogP contribution in [-0.2, 0) is 6.54 Å². The zero-order valence-corrected chi connectivity index (χ0v) is 7.28. The Balaban J connectivity index is 2.33. The SMILES string of the molecule is O=c1scc(O)n1Cc1cn[nH]n1. The molecule has 0 amide bonds. The Labute approximate surface area is 76.5 Å². The molecule has 0 spiro atoms. The number of rotatable bonds is 2. The Hall–Kier alpha value is -1.63. The second-order valence-corrected chi connectivity index (χ2v) is 3.23. The summed E-state index contributed by atoms with van der Waals surface area (Å²) in [6, 6.07) is 0. The van der Waals surface area contributed by atoms with E-state index in [0.717, 1.165) is 11.3 Å². The van der Waals surface area contributed by atoms with Gasteiger partial charge in [0, 0.05) is 0 Å². The van der Waals surface area contributed by atoms with Crippen molar-refractivity contribution in [2.75, 3.05) is 0 Å². The van der Waals surface area contributed by atoms with Crippen molar-refractivity contribution in [3.05, 3.63) is 26.9 Å². The number of aromatic hydroxyl groups is 1. The van der Waals surface area contributed by atoms with Crippen LogP contribution >= 0.6 is 11.3 Å². The van der Waals surface area contributed by atoms with Gasteiger partial charge >= 0.3 is 4.87 Å². The molecule has 0 saturated carbocycles. The number of H-pyrrole nitrogens is 1. The number of hydrogen-bond donors (Lipinski definition) is 2. The monoisotopic (exact) mass is 198 g/mol. The van der Waals surface area contributed by atoms with E-state index < -0.39 is 0 Å². The standard InChI is InChI=1S/C6H6N4O2S/c11-5-3-13-6(12)10(5)2-4-1-7-9-8-4/h1,3,11H,2H2,(H,7,8,9). The molecule has 0 aliphatic carbocycles. The second-order valence-electron chi connectivity index (χ2n) is 2.41. The van der Waals surface area contributed by atoms with E-state index in [1.54, 1.807) is 0 Å². The molecule has 2 N–H and O–H groups in total. The predicted molar refractivity (Wildman–Crippen MR) is 45.7 cm³/mol. The first-order chi connectivity index (χ1) is 6.27. The quantitative estimate of drug-likeness (QED) is 0.698. The zero-order chi connectivity index (χ0) is 9.26. The van der Waals surface area contributed by atoms with E-state index in [-0.39, 0.29) is 17.3 Å². The normalized spacial score (nSPS) is 10.5.